The lowest BCUT2D eigenvalue weighted by Crippen LogP contribution is -2.52. The minimum Gasteiger partial charge on any atom is -0.493 e. The van der Waals surface area contributed by atoms with E-state index in [1.54, 1.807) is 17.0 Å². The Morgan fingerprint density at radius 2 is 2.20 bits per heavy atom. The first-order chi connectivity index (χ1) is 12.0. The highest BCUT2D eigenvalue weighted by molar-refractivity contribution is 5.79. The normalized spacial score (nSPS) is 20.3. The second-order valence-electron chi connectivity index (χ2n) is 6.35. The number of piperidine rings is 1. The van der Waals surface area contributed by atoms with Crippen molar-refractivity contribution >= 4 is 11.9 Å². The van der Waals surface area contributed by atoms with Crippen LogP contribution in [0.2, 0.25) is 0 Å². The molecule has 1 fully saturated rings. The molecule has 1 atom stereocenters. The molecule has 1 aromatic carbocycles. The van der Waals surface area contributed by atoms with Crippen molar-refractivity contribution in [2.75, 3.05) is 33.4 Å². The van der Waals surface area contributed by atoms with Gasteiger partial charge in [-0.15, -0.1) is 0 Å². The van der Waals surface area contributed by atoms with Gasteiger partial charge in [-0.05, 0) is 31.4 Å². The van der Waals surface area contributed by atoms with Gasteiger partial charge >= 0.3 is 5.97 Å². The van der Waals surface area contributed by atoms with Crippen LogP contribution in [0.25, 0.3) is 0 Å². The molecule has 138 valence electrons. The Balaban J connectivity index is 1.81. The van der Waals surface area contributed by atoms with Crippen LogP contribution in [0, 0.1) is 11.2 Å². The van der Waals surface area contributed by atoms with E-state index < -0.39 is 11.4 Å². The minimum absolute atomic E-state index is 0.0921. The highest BCUT2D eigenvalue weighted by atomic mass is 19.1. The number of carboxylic acids is 1. The minimum atomic E-state index is -1.03. The molecule has 6 nitrogen and oxygen atoms in total. The van der Waals surface area contributed by atoms with Crippen molar-refractivity contribution < 1.29 is 28.6 Å². The van der Waals surface area contributed by atoms with Crippen LogP contribution in [0.1, 0.15) is 25.7 Å². The van der Waals surface area contributed by atoms with E-state index in [0.717, 1.165) is 0 Å². The molecule has 0 aromatic heterocycles. The Labute approximate surface area is 146 Å². The molecule has 1 aliphatic heterocycles. The molecule has 1 aliphatic rings. The van der Waals surface area contributed by atoms with Gasteiger partial charge in [0.15, 0.2) is 0 Å². The third kappa shape index (κ3) is 5.16. The molecular formula is C18H24FNO5. The van der Waals surface area contributed by atoms with Gasteiger partial charge in [0.2, 0.25) is 5.91 Å². The topological polar surface area (TPSA) is 76.1 Å². The Morgan fingerprint density at radius 1 is 1.40 bits per heavy atom. The van der Waals surface area contributed by atoms with Crippen molar-refractivity contribution in [1.82, 2.24) is 4.90 Å². The van der Waals surface area contributed by atoms with Crippen molar-refractivity contribution in [3.8, 4) is 5.75 Å². The van der Waals surface area contributed by atoms with Crippen LogP contribution in [0.5, 0.6) is 5.75 Å². The van der Waals surface area contributed by atoms with Gasteiger partial charge in [0, 0.05) is 32.7 Å². The number of methoxy groups -OCH3 is 1. The number of hydrogen-bond acceptors (Lipinski definition) is 4. The summed E-state index contributed by atoms with van der Waals surface area (Å²) in [6, 6.07) is 5.84. The van der Waals surface area contributed by atoms with Gasteiger partial charge in [0.25, 0.3) is 0 Å². The Morgan fingerprint density at radius 3 is 2.88 bits per heavy atom. The lowest BCUT2D eigenvalue weighted by molar-refractivity contribution is -0.159. The summed E-state index contributed by atoms with van der Waals surface area (Å²) in [6.07, 6.45) is 1.89. The molecule has 1 amide bonds. The van der Waals surface area contributed by atoms with E-state index in [9.17, 15) is 19.1 Å². The van der Waals surface area contributed by atoms with Crippen molar-refractivity contribution in [2.45, 2.75) is 25.7 Å². The lowest BCUT2D eigenvalue weighted by atomic mass is 9.80. The van der Waals surface area contributed by atoms with Gasteiger partial charge in [0.1, 0.15) is 17.0 Å². The zero-order valence-electron chi connectivity index (χ0n) is 14.4. The fraction of sp³-hybridized carbons (Fsp3) is 0.556. The average Bonchev–Trinajstić information content (AvgIpc) is 2.59. The zero-order valence-corrected chi connectivity index (χ0v) is 14.4. The van der Waals surface area contributed by atoms with E-state index in [1.807, 2.05) is 0 Å². The summed E-state index contributed by atoms with van der Waals surface area (Å²) in [7, 11) is 1.47. The van der Waals surface area contributed by atoms with E-state index in [4.69, 9.17) is 9.47 Å². The van der Waals surface area contributed by atoms with Gasteiger partial charge in [-0.2, -0.15) is 0 Å². The van der Waals surface area contributed by atoms with E-state index >= 15 is 0 Å². The summed E-state index contributed by atoms with van der Waals surface area (Å²) in [5.41, 5.74) is -1.03. The largest absolute Gasteiger partial charge is 0.493 e. The predicted molar refractivity (Wildman–Crippen MR) is 88.9 cm³/mol. The highest BCUT2D eigenvalue weighted by Crippen LogP contribution is 2.31. The number of rotatable bonds is 8. The maximum Gasteiger partial charge on any atom is 0.313 e. The van der Waals surface area contributed by atoms with Crippen molar-refractivity contribution in [3.63, 3.8) is 0 Å². The van der Waals surface area contributed by atoms with Gasteiger partial charge in [0.05, 0.1) is 13.2 Å². The van der Waals surface area contributed by atoms with Crippen LogP contribution in [0.3, 0.4) is 0 Å². The van der Waals surface area contributed by atoms with E-state index in [-0.39, 0.29) is 31.3 Å². The first kappa shape index (κ1) is 19.2. The Kier molecular flexibility index (Phi) is 6.75. The number of ether oxygens (including phenoxy) is 2. The molecule has 0 saturated carbocycles. The van der Waals surface area contributed by atoms with Crippen LogP contribution < -0.4 is 4.74 Å². The number of nitrogens with zero attached hydrogens (tertiary/aromatic N) is 1. The third-order valence-electron chi connectivity index (χ3n) is 4.40. The number of halogens is 1. The van der Waals surface area contributed by atoms with Crippen molar-refractivity contribution in [3.05, 3.63) is 30.1 Å². The summed E-state index contributed by atoms with van der Waals surface area (Å²) in [6.45, 7) is 1.11. The standard InChI is InChI=1S/C18H24FNO5/c1-24-13-18(17(22)23)8-4-9-20(12-18)16(21)7-3-10-25-15-6-2-5-14(19)11-15/h2,5-6,11H,3-4,7-10,12-13H2,1H3,(H,22,23). The van der Waals surface area contributed by atoms with E-state index in [0.29, 0.717) is 38.2 Å². The van der Waals surface area contributed by atoms with Gasteiger partial charge in [-0.25, -0.2) is 4.39 Å². The molecule has 0 bridgehead atoms. The third-order valence-corrected chi connectivity index (χ3v) is 4.40. The molecule has 1 unspecified atom stereocenters. The molecule has 25 heavy (non-hydrogen) atoms. The van der Waals surface area contributed by atoms with Crippen molar-refractivity contribution in [1.29, 1.82) is 0 Å². The average molecular weight is 353 g/mol. The van der Waals surface area contributed by atoms with Crippen LogP contribution in [0.15, 0.2) is 24.3 Å². The second-order valence-corrected chi connectivity index (χ2v) is 6.35. The quantitative estimate of drug-likeness (QED) is 0.726. The van der Waals surface area contributed by atoms with Gasteiger partial charge in [-0.3, -0.25) is 9.59 Å². The second kappa shape index (κ2) is 8.80. The zero-order chi connectivity index (χ0) is 18.3. The molecular weight excluding hydrogens is 329 g/mol. The summed E-state index contributed by atoms with van der Waals surface area (Å²) in [5, 5.41) is 9.51. The number of likely N-dealkylation sites (tertiary alicyclic amines) is 1. The van der Waals surface area contributed by atoms with Crippen molar-refractivity contribution in [2.24, 2.45) is 5.41 Å². The smallest absolute Gasteiger partial charge is 0.313 e. The SMILES string of the molecule is COCC1(C(=O)O)CCCN(C(=O)CCCOc2cccc(F)c2)C1. The van der Waals surface area contributed by atoms with Crippen LogP contribution in [-0.4, -0.2) is 55.3 Å². The predicted octanol–water partition coefficient (Wildman–Crippen LogP) is 2.32. The van der Waals surface area contributed by atoms with Crippen LogP contribution in [-0.2, 0) is 14.3 Å². The Hall–Kier alpha value is -2.15. The maximum absolute atomic E-state index is 13.0. The van der Waals surface area contributed by atoms with E-state index in [2.05, 4.69) is 0 Å². The van der Waals surface area contributed by atoms with Crippen LogP contribution in [0.4, 0.5) is 4.39 Å². The molecule has 2 rings (SSSR count). The monoisotopic (exact) mass is 353 g/mol. The fourth-order valence-electron chi connectivity index (χ4n) is 3.10. The summed E-state index contributed by atoms with van der Waals surface area (Å²) >= 11 is 0. The fourth-order valence-corrected chi connectivity index (χ4v) is 3.10. The Bertz CT molecular complexity index is 605. The number of hydrogen-bond donors (Lipinski definition) is 1. The summed E-state index contributed by atoms with van der Waals surface area (Å²) < 4.78 is 23.5. The lowest BCUT2D eigenvalue weighted by Gasteiger charge is -2.39. The first-order valence-corrected chi connectivity index (χ1v) is 8.35. The maximum atomic E-state index is 13.0. The molecule has 0 aliphatic carbocycles. The number of carbonyl (C=O) groups excluding carboxylic acids is 1. The number of benzene rings is 1. The first-order valence-electron chi connectivity index (χ1n) is 8.35. The summed E-state index contributed by atoms with van der Waals surface area (Å²) in [5.74, 6) is -0.967. The van der Waals surface area contributed by atoms with Crippen LogP contribution >= 0.6 is 0 Å². The summed E-state index contributed by atoms with van der Waals surface area (Å²) in [4.78, 5) is 25.6. The number of amides is 1. The number of carbonyl (C=O) groups is 2. The highest BCUT2D eigenvalue weighted by Gasteiger charge is 2.43. The number of aliphatic carboxylic acids is 1. The molecule has 7 heteroatoms. The van der Waals surface area contributed by atoms with E-state index in [1.165, 1.54) is 19.2 Å². The van der Waals surface area contributed by atoms with Gasteiger partial charge < -0.3 is 19.5 Å². The molecule has 1 saturated heterocycles. The molecule has 0 spiro atoms. The molecule has 0 radical (unpaired) electrons. The molecule has 1 heterocycles. The number of carboxylic acid groups (broad SMARTS) is 1. The molecule has 1 N–H and O–H groups in total. The van der Waals surface area contributed by atoms with Gasteiger partial charge in [-0.1, -0.05) is 6.07 Å². The molecule has 1 aromatic rings.